The number of benzene rings is 2. The molecule has 39 heavy (non-hydrogen) atoms. The van der Waals surface area contributed by atoms with Crippen LogP contribution in [0.1, 0.15) is 67.3 Å². The predicted molar refractivity (Wildman–Crippen MR) is 142 cm³/mol. The fourth-order valence-electron chi connectivity index (χ4n) is 6.60. The Kier molecular flexibility index (Phi) is 6.56. The predicted octanol–water partition coefficient (Wildman–Crippen LogP) is 4.84. The summed E-state index contributed by atoms with van der Waals surface area (Å²) in [5.74, 6) is -1.41. The number of carbonyl (C=O) groups excluding carboxylic acids is 1. The number of amides is 2. The standard InChI is InChI=1S/C29H33FN2O6S/c30-21-7-13-25(27(33)32(23-9-10-23)39(36,37)24-11-12-24)26(17-21)38-18-29-15-14-22(31(29)28(34)35)8-6-20(29)16-19-4-2-1-3-5-19/h1-5,7,13,17,20,22-24H,6,8-12,14-16,18H2,(H,34,35)/t20?,22-,29-/m0/s1. The van der Waals surface area contributed by atoms with Crippen molar-refractivity contribution in [3.8, 4) is 5.75 Å². The van der Waals surface area contributed by atoms with Crippen molar-refractivity contribution in [1.29, 1.82) is 0 Å². The van der Waals surface area contributed by atoms with Crippen LogP contribution in [0.15, 0.2) is 48.5 Å². The lowest BCUT2D eigenvalue weighted by molar-refractivity contribution is -0.0162. The zero-order valence-electron chi connectivity index (χ0n) is 21.7. The van der Waals surface area contributed by atoms with E-state index in [2.05, 4.69) is 0 Å². The van der Waals surface area contributed by atoms with Gasteiger partial charge in [0.15, 0.2) is 0 Å². The second-order valence-corrected chi connectivity index (χ2v) is 13.5. The van der Waals surface area contributed by atoms with Gasteiger partial charge in [-0.25, -0.2) is 21.9 Å². The van der Waals surface area contributed by atoms with Gasteiger partial charge in [-0.3, -0.25) is 9.69 Å². The number of fused-ring (bicyclic) bond motifs is 2. The summed E-state index contributed by atoms with van der Waals surface area (Å²) in [4.78, 5) is 27.7. The first-order valence-corrected chi connectivity index (χ1v) is 15.3. The average molecular weight is 557 g/mol. The maximum atomic E-state index is 14.4. The van der Waals surface area contributed by atoms with Gasteiger partial charge >= 0.3 is 6.09 Å². The van der Waals surface area contributed by atoms with Gasteiger partial charge in [0.05, 0.1) is 16.4 Å². The maximum absolute atomic E-state index is 14.4. The molecule has 2 saturated carbocycles. The lowest BCUT2D eigenvalue weighted by Gasteiger charge is -2.48. The van der Waals surface area contributed by atoms with Crippen LogP contribution in [-0.2, 0) is 16.4 Å². The highest BCUT2D eigenvalue weighted by Gasteiger charge is 2.57. The summed E-state index contributed by atoms with van der Waals surface area (Å²) in [5, 5.41) is 9.67. The van der Waals surface area contributed by atoms with Crippen LogP contribution in [0.3, 0.4) is 0 Å². The van der Waals surface area contributed by atoms with Crippen molar-refractivity contribution in [3.63, 3.8) is 0 Å². The minimum absolute atomic E-state index is 0.0178. The molecule has 8 nitrogen and oxygen atoms in total. The Morgan fingerprint density at radius 2 is 1.77 bits per heavy atom. The monoisotopic (exact) mass is 556 g/mol. The second kappa shape index (κ2) is 9.80. The summed E-state index contributed by atoms with van der Waals surface area (Å²) < 4.78 is 47.9. The van der Waals surface area contributed by atoms with E-state index in [4.69, 9.17) is 4.74 Å². The molecule has 6 rings (SSSR count). The van der Waals surface area contributed by atoms with Crippen molar-refractivity contribution >= 4 is 22.0 Å². The van der Waals surface area contributed by atoms with E-state index in [0.29, 0.717) is 44.9 Å². The summed E-state index contributed by atoms with van der Waals surface area (Å²) in [7, 11) is -3.80. The number of rotatable bonds is 9. The Bertz CT molecular complexity index is 1380. The molecule has 2 saturated heterocycles. The lowest BCUT2D eigenvalue weighted by Crippen LogP contribution is -2.61. The van der Waals surface area contributed by atoms with Gasteiger partial charge in [-0.1, -0.05) is 30.3 Å². The quantitative estimate of drug-likeness (QED) is 0.474. The highest BCUT2D eigenvalue weighted by atomic mass is 32.2. The third-order valence-corrected chi connectivity index (χ3v) is 11.2. The second-order valence-electron chi connectivity index (χ2n) is 11.4. The van der Waals surface area contributed by atoms with Crippen LogP contribution in [0.2, 0.25) is 0 Å². The van der Waals surface area contributed by atoms with Gasteiger partial charge in [-0.2, -0.15) is 0 Å². The number of hydrogen-bond donors (Lipinski definition) is 1. The average Bonchev–Trinajstić information content (AvgIpc) is 3.82. The van der Waals surface area contributed by atoms with Gasteiger partial charge in [-0.05, 0) is 81.4 Å². The summed E-state index contributed by atoms with van der Waals surface area (Å²) in [6.45, 7) is -0.0458. The topological polar surface area (TPSA) is 104 Å². The van der Waals surface area contributed by atoms with Crippen molar-refractivity contribution in [2.45, 2.75) is 80.7 Å². The van der Waals surface area contributed by atoms with Gasteiger partial charge in [-0.15, -0.1) is 0 Å². The van der Waals surface area contributed by atoms with E-state index >= 15 is 0 Å². The fraction of sp³-hybridized carbons (Fsp3) is 0.517. The number of halogens is 1. The van der Waals surface area contributed by atoms with Gasteiger partial charge in [0, 0.05) is 18.2 Å². The molecular weight excluding hydrogens is 523 g/mol. The summed E-state index contributed by atoms with van der Waals surface area (Å²) in [5.41, 5.74) is 0.244. The molecule has 2 aromatic carbocycles. The zero-order valence-corrected chi connectivity index (χ0v) is 22.5. The number of nitrogens with zero attached hydrogens (tertiary/aromatic N) is 2. The maximum Gasteiger partial charge on any atom is 0.408 e. The number of ether oxygens (including phenoxy) is 1. The van der Waals surface area contributed by atoms with Crippen LogP contribution in [0.25, 0.3) is 0 Å². The largest absolute Gasteiger partial charge is 0.490 e. The van der Waals surface area contributed by atoms with E-state index in [1.807, 2.05) is 30.3 Å². The first-order chi connectivity index (χ1) is 18.7. The van der Waals surface area contributed by atoms with Crippen molar-refractivity contribution in [3.05, 3.63) is 65.5 Å². The molecule has 2 amide bonds. The third kappa shape index (κ3) is 4.77. The normalized spacial score (nSPS) is 26.3. The number of carbonyl (C=O) groups is 2. The van der Waals surface area contributed by atoms with Crippen molar-refractivity contribution < 1.29 is 32.2 Å². The summed E-state index contributed by atoms with van der Waals surface area (Å²) >= 11 is 0. The van der Waals surface area contributed by atoms with E-state index < -0.39 is 38.6 Å². The highest BCUT2D eigenvalue weighted by Crippen LogP contribution is 2.49. The Morgan fingerprint density at radius 1 is 1.03 bits per heavy atom. The first kappa shape index (κ1) is 26.1. The van der Waals surface area contributed by atoms with Crippen LogP contribution in [-0.4, -0.2) is 64.2 Å². The minimum atomic E-state index is -3.80. The molecule has 1 unspecified atom stereocenters. The van der Waals surface area contributed by atoms with Crippen LogP contribution in [0.5, 0.6) is 5.75 Å². The number of sulfonamides is 1. The van der Waals surface area contributed by atoms with Gasteiger partial charge in [0.25, 0.3) is 5.91 Å². The van der Waals surface area contributed by atoms with Crippen LogP contribution < -0.4 is 4.74 Å². The molecule has 10 heteroatoms. The smallest absolute Gasteiger partial charge is 0.408 e. The molecule has 208 valence electrons. The van der Waals surface area contributed by atoms with Gasteiger partial charge < -0.3 is 9.84 Å². The SMILES string of the molecule is O=C(O)N1[C@H]2CCC(Cc3ccccc3)[C@@]1(COc1cc(F)ccc1C(=O)N(C1CC1)S(=O)(=O)C1CC1)CC2. The number of piperidine rings is 1. The van der Waals surface area contributed by atoms with Crippen molar-refractivity contribution in [1.82, 2.24) is 9.21 Å². The highest BCUT2D eigenvalue weighted by molar-refractivity contribution is 7.90. The van der Waals surface area contributed by atoms with Crippen LogP contribution >= 0.6 is 0 Å². The Labute approximate surface area is 227 Å². The molecule has 3 atom stereocenters. The number of carboxylic acid groups (broad SMARTS) is 1. The molecule has 0 aromatic heterocycles. The van der Waals surface area contributed by atoms with Gasteiger partial charge in [0.2, 0.25) is 10.0 Å². The molecule has 0 spiro atoms. The van der Waals surface area contributed by atoms with E-state index in [9.17, 15) is 27.5 Å². The Balaban J connectivity index is 1.32. The molecule has 2 bridgehead atoms. The Morgan fingerprint density at radius 3 is 2.44 bits per heavy atom. The summed E-state index contributed by atoms with van der Waals surface area (Å²) in [6.07, 6.45) is 4.85. The van der Waals surface area contributed by atoms with Crippen molar-refractivity contribution in [2.24, 2.45) is 5.92 Å². The molecule has 0 radical (unpaired) electrons. The fourth-order valence-corrected chi connectivity index (χ4v) is 8.61. The zero-order chi connectivity index (χ0) is 27.4. The molecule has 4 aliphatic rings. The third-order valence-electron chi connectivity index (χ3n) is 8.84. The van der Waals surface area contributed by atoms with E-state index in [1.165, 1.54) is 11.0 Å². The first-order valence-electron chi connectivity index (χ1n) is 13.8. The Hall–Kier alpha value is -3.14. The van der Waals surface area contributed by atoms with Crippen LogP contribution in [0, 0.1) is 11.7 Å². The number of hydrogen-bond acceptors (Lipinski definition) is 5. The van der Waals surface area contributed by atoms with E-state index in [1.54, 1.807) is 0 Å². The van der Waals surface area contributed by atoms with E-state index in [-0.39, 0.29) is 35.9 Å². The molecule has 2 aliphatic heterocycles. The molecule has 1 N–H and O–H groups in total. The molecule has 2 aromatic rings. The molecule has 4 fully saturated rings. The molecule has 2 aliphatic carbocycles. The molecule has 2 heterocycles. The molecular formula is C29H33FN2O6S. The minimum Gasteiger partial charge on any atom is -0.490 e. The van der Waals surface area contributed by atoms with E-state index in [0.717, 1.165) is 34.8 Å². The van der Waals surface area contributed by atoms with Gasteiger partial charge in [0.1, 0.15) is 18.2 Å². The van der Waals surface area contributed by atoms with Crippen molar-refractivity contribution in [2.75, 3.05) is 6.61 Å². The summed E-state index contributed by atoms with van der Waals surface area (Å²) in [6, 6.07) is 12.9. The lowest BCUT2D eigenvalue weighted by atomic mass is 9.75. The van der Waals surface area contributed by atoms with Crippen LogP contribution in [0.4, 0.5) is 9.18 Å².